The first kappa shape index (κ1) is 23.4. The summed E-state index contributed by atoms with van der Waals surface area (Å²) in [5, 5.41) is 11.4. The molecule has 4 rings (SSSR count). The smallest absolute Gasteiger partial charge is 0.271 e. The second-order valence-corrected chi connectivity index (χ2v) is 9.86. The number of aromatic hydroxyl groups is 1. The normalized spacial score (nSPS) is 16.3. The third kappa shape index (κ3) is 4.81. The van der Waals surface area contributed by atoms with Crippen LogP contribution < -0.4 is 4.90 Å². The minimum Gasteiger partial charge on any atom is -0.506 e. The Balaban J connectivity index is 1.84. The average molecular weight is 497 g/mol. The maximum atomic E-state index is 13.5. The predicted octanol–water partition coefficient (Wildman–Crippen LogP) is 7.74. The number of carbonyl (C=O) groups excluding carboxylic acids is 1. The zero-order valence-corrected chi connectivity index (χ0v) is 20.9. The quantitative estimate of drug-likeness (QED) is 0.377. The molecule has 1 N–H and O–H groups in total. The maximum absolute atomic E-state index is 13.5. The molecule has 0 saturated carbocycles. The van der Waals surface area contributed by atoms with Crippen molar-refractivity contribution in [3.8, 4) is 5.75 Å². The number of nitrogens with zero attached hydrogens (tertiary/aromatic N) is 2. The number of aryl methyl sites for hydroxylation is 4. The van der Waals surface area contributed by atoms with Crippen molar-refractivity contribution in [1.29, 1.82) is 0 Å². The van der Waals surface area contributed by atoms with Crippen LogP contribution in [0.1, 0.15) is 27.8 Å². The van der Waals surface area contributed by atoms with Gasteiger partial charge in [0.25, 0.3) is 5.91 Å². The van der Waals surface area contributed by atoms with Crippen LogP contribution in [0.25, 0.3) is 6.08 Å². The van der Waals surface area contributed by atoms with E-state index < -0.39 is 0 Å². The molecule has 7 heteroatoms. The summed E-state index contributed by atoms with van der Waals surface area (Å²) >= 11 is 13.4. The highest BCUT2D eigenvalue weighted by atomic mass is 35.5. The van der Waals surface area contributed by atoms with Gasteiger partial charge in [0.15, 0.2) is 5.17 Å². The van der Waals surface area contributed by atoms with Crippen LogP contribution in [0, 0.1) is 27.7 Å². The number of anilines is 1. The van der Waals surface area contributed by atoms with E-state index >= 15 is 0 Å². The first-order valence-electron chi connectivity index (χ1n) is 10.3. The van der Waals surface area contributed by atoms with Gasteiger partial charge in [0.1, 0.15) is 5.75 Å². The Kier molecular flexibility index (Phi) is 6.57. The molecule has 1 saturated heterocycles. The molecule has 0 spiro atoms. The van der Waals surface area contributed by atoms with Crippen molar-refractivity contribution in [2.75, 3.05) is 4.90 Å². The van der Waals surface area contributed by atoms with Crippen LogP contribution in [-0.4, -0.2) is 16.2 Å². The standard InChI is InChI=1S/C26H22Cl2N2O2S/c1-14-5-7-20(9-16(14)3)29-26-30(21-8-6-15(2)17(4)10-21)25(32)23(33-26)12-18-11-19(27)13-22(28)24(18)31/h5-13,31H,1-4H3/b23-12+,29-26?. The minimum absolute atomic E-state index is 0.125. The second-order valence-electron chi connectivity index (χ2n) is 8.01. The molecule has 0 aliphatic carbocycles. The third-order valence-corrected chi connectivity index (χ3v) is 7.09. The molecule has 1 aliphatic rings. The number of halogens is 2. The highest BCUT2D eigenvalue weighted by Crippen LogP contribution is 2.40. The molecule has 1 amide bonds. The number of amides is 1. The monoisotopic (exact) mass is 496 g/mol. The summed E-state index contributed by atoms with van der Waals surface area (Å²) < 4.78 is 0. The van der Waals surface area contributed by atoms with Gasteiger partial charge in [0.2, 0.25) is 0 Å². The Labute approximate surface area is 207 Å². The molecule has 0 radical (unpaired) electrons. The van der Waals surface area contributed by atoms with Gasteiger partial charge in [0, 0.05) is 10.6 Å². The largest absolute Gasteiger partial charge is 0.506 e. The molecule has 0 bridgehead atoms. The van der Waals surface area contributed by atoms with Crippen LogP contribution >= 0.6 is 35.0 Å². The van der Waals surface area contributed by atoms with Crippen molar-refractivity contribution >= 4 is 63.5 Å². The summed E-state index contributed by atoms with van der Waals surface area (Å²) in [6.45, 7) is 8.12. The van der Waals surface area contributed by atoms with Gasteiger partial charge in [0.05, 0.1) is 21.3 Å². The fourth-order valence-electron chi connectivity index (χ4n) is 3.38. The van der Waals surface area contributed by atoms with Gasteiger partial charge in [-0.3, -0.25) is 9.69 Å². The molecule has 1 aliphatic heterocycles. The van der Waals surface area contributed by atoms with Crippen LogP contribution in [0.2, 0.25) is 10.0 Å². The predicted molar refractivity (Wildman–Crippen MR) is 140 cm³/mol. The summed E-state index contributed by atoms with van der Waals surface area (Å²) in [4.78, 5) is 20.3. The number of phenols is 1. The summed E-state index contributed by atoms with van der Waals surface area (Å²) in [5.41, 5.74) is 6.38. The molecule has 168 valence electrons. The van der Waals surface area contributed by atoms with Crippen molar-refractivity contribution in [1.82, 2.24) is 0 Å². The van der Waals surface area contributed by atoms with E-state index in [1.54, 1.807) is 17.0 Å². The summed E-state index contributed by atoms with van der Waals surface area (Å²) in [6, 6.07) is 14.8. The number of carbonyl (C=O) groups is 1. The van der Waals surface area contributed by atoms with Crippen LogP contribution in [0.4, 0.5) is 11.4 Å². The Morgan fingerprint density at radius 2 is 1.58 bits per heavy atom. The van der Waals surface area contributed by atoms with Gasteiger partial charge < -0.3 is 5.11 Å². The summed E-state index contributed by atoms with van der Waals surface area (Å²) in [5.74, 6) is -0.361. The molecule has 3 aromatic carbocycles. The average Bonchev–Trinajstić information content (AvgIpc) is 3.05. The van der Waals surface area contributed by atoms with Crippen molar-refractivity contribution in [2.24, 2.45) is 4.99 Å². The number of thioether (sulfide) groups is 1. The van der Waals surface area contributed by atoms with Crippen LogP contribution in [0.3, 0.4) is 0 Å². The molecular formula is C26H22Cl2N2O2S. The van der Waals surface area contributed by atoms with Crippen molar-refractivity contribution in [3.63, 3.8) is 0 Å². The Hall–Kier alpha value is -2.73. The lowest BCUT2D eigenvalue weighted by atomic mass is 10.1. The number of benzene rings is 3. The van der Waals surface area contributed by atoms with E-state index in [0.717, 1.165) is 28.1 Å². The maximum Gasteiger partial charge on any atom is 0.271 e. The molecule has 4 nitrogen and oxygen atoms in total. The number of hydrogen-bond acceptors (Lipinski definition) is 4. The highest BCUT2D eigenvalue weighted by molar-refractivity contribution is 8.19. The van der Waals surface area contributed by atoms with Crippen LogP contribution in [0.5, 0.6) is 5.75 Å². The van der Waals surface area contributed by atoms with E-state index in [2.05, 4.69) is 0 Å². The molecule has 1 fully saturated rings. The van der Waals surface area contributed by atoms with Crippen molar-refractivity contribution in [2.45, 2.75) is 27.7 Å². The zero-order valence-electron chi connectivity index (χ0n) is 18.6. The summed E-state index contributed by atoms with van der Waals surface area (Å²) in [7, 11) is 0. The van der Waals surface area contributed by atoms with Gasteiger partial charge >= 0.3 is 0 Å². The third-order valence-electron chi connectivity index (χ3n) is 5.61. The van der Waals surface area contributed by atoms with Crippen molar-refractivity contribution in [3.05, 3.63) is 91.3 Å². The molecule has 0 aromatic heterocycles. The zero-order chi connectivity index (χ0) is 23.9. The van der Waals surface area contributed by atoms with Gasteiger partial charge in [-0.2, -0.15) is 0 Å². The first-order valence-corrected chi connectivity index (χ1v) is 11.9. The van der Waals surface area contributed by atoms with E-state index in [1.807, 2.05) is 64.1 Å². The number of phenolic OH excluding ortho intramolecular Hbond substituents is 1. The van der Waals surface area contributed by atoms with Gasteiger partial charge in [-0.1, -0.05) is 35.3 Å². The lowest BCUT2D eigenvalue weighted by molar-refractivity contribution is -0.113. The van der Waals surface area contributed by atoms with Crippen LogP contribution in [0.15, 0.2) is 58.4 Å². The number of amidine groups is 1. The van der Waals surface area contributed by atoms with E-state index in [9.17, 15) is 9.90 Å². The molecular weight excluding hydrogens is 475 g/mol. The van der Waals surface area contributed by atoms with E-state index in [1.165, 1.54) is 23.4 Å². The van der Waals surface area contributed by atoms with Crippen molar-refractivity contribution < 1.29 is 9.90 Å². The fraction of sp³-hybridized carbons (Fsp3) is 0.154. The van der Waals surface area contributed by atoms with E-state index in [-0.39, 0.29) is 16.7 Å². The topological polar surface area (TPSA) is 52.9 Å². The first-order chi connectivity index (χ1) is 15.6. The lowest BCUT2D eigenvalue weighted by Crippen LogP contribution is -2.28. The van der Waals surface area contributed by atoms with Crippen LogP contribution in [-0.2, 0) is 4.79 Å². The Morgan fingerprint density at radius 1 is 0.909 bits per heavy atom. The number of hydrogen-bond donors (Lipinski definition) is 1. The van der Waals surface area contributed by atoms with Gasteiger partial charge in [-0.25, -0.2) is 4.99 Å². The Morgan fingerprint density at radius 3 is 2.24 bits per heavy atom. The van der Waals surface area contributed by atoms with Gasteiger partial charge in [-0.05, 0) is 104 Å². The Bertz CT molecular complexity index is 1350. The molecule has 33 heavy (non-hydrogen) atoms. The molecule has 1 heterocycles. The summed E-state index contributed by atoms with van der Waals surface area (Å²) in [6.07, 6.45) is 1.59. The fourth-order valence-corrected chi connectivity index (χ4v) is 4.88. The number of rotatable bonds is 3. The SMILES string of the molecule is Cc1ccc(N=C2S/C(=C/c3cc(Cl)cc(Cl)c3O)C(=O)N2c2ccc(C)c(C)c2)cc1C. The minimum atomic E-state index is -0.235. The van der Waals surface area contributed by atoms with E-state index in [4.69, 9.17) is 28.2 Å². The molecule has 0 atom stereocenters. The van der Waals surface area contributed by atoms with E-state index in [0.29, 0.717) is 20.7 Å². The second kappa shape index (κ2) is 9.26. The lowest BCUT2D eigenvalue weighted by Gasteiger charge is -2.17. The van der Waals surface area contributed by atoms with Gasteiger partial charge in [-0.15, -0.1) is 0 Å². The highest BCUT2D eigenvalue weighted by Gasteiger charge is 2.35. The molecule has 3 aromatic rings. The molecule has 0 unspecified atom stereocenters. The number of aliphatic imine (C=N–C) groups is 1.